The molecule has 4 aliphatic rings. The lowest BCUT2D eigenvalue weighted by molar-refractivity contribution is -0.134. The summed E-state index contributed by atoms with van der Waals surface area (Å²) in [7, 11) is 0. The number of hydrogen-bond donors (Lipinski definition) is 0. The van der Waals surface area contributed by atoms with Crippen LogP contribution in [0.1, 0.15) is 34.1 Å². The molecule has 1 saturated carbocycles. The molecule has 5 nitrogen and oxygen atoms in total. The van der Waals surface area contributed by atoms with Gasteiger partial charge in [0.05, 0.1) is 11.1 Å². The normalized spacial score (nSPS) is 33.2. The second kappa shape index (κ2) is 5.04. The van der Waals surface area contributed by atoms with Gasteiger partial charge in [-0.25, -0.2) is 0 Å². The van der Waals surface area contributed by atoms with Crippen LogP contribution < -0.4 is 0 Å². The summed E-state index contributed by atoms with van der Waals surface area (Å²) in [5.74, 6) is 1.47. The molecule has 2 unspecified atom stereocenters. The Hall–Kier alpha value is -2.43. The molecular formula is C20H20N2O3. The van der Waals surface area contributed by atoms with Crippen molar-refractivity contribution in [2.24, 2.45) is 23.7 Å². The molecule has 3 amide bonds. The van der Waals surface area contributed by atoms with Gasteiger partial charge in [0.25, 0.3) is 11.8 Å². The first-order chi connectivity index (χ1) is 12.1. The molecule has 5 rings (SSSR count). The van der Waals surface area contributed by atoms with Gasteiger partial charge in [0.2, 0.25) is 5.91 Å². The summed E-state index contributed by atoms with van der Waals surface area (Å²) in [6, 6.07) is 6.03. The zero-order valence-corrected chi connectivity index (χ0v) is 14.1. The fraction of sp³-hybridized carbons (Fsp3) is 0.450. The Labute approximate surface area is 146 Å². The predicted octanol–water partition coefficient (Wildman–Crippen LogP) is 1.95. The van der Waals surface area contributed by atoms with Gasteiger partial charge in [0.1, 0.15) is 6.04 Å². The number of nitrogens with zero attached hydrogens (tertiary/aromatic N) is 2. The molecule has 1 aromatic carbocycles. The van der Waals surface area contributed by atoms with E-state index in [1.54, 1.807) is 31.2 Å². The highest BCUT2D eigenvalue weighted by Crippen LogP contribution is 2.51. The standard InChI is InChI=1S/C20H20N2O3/c1-11(22-19(24)14-4-2-3-5-15(14)20(22)25)18(23)21-9-16-12-6-7-13(8-12)17(16)10-21/h2-7,11-13,16-17H,8-10H2,1H3/t11-,12?,13?,16-,17+/m1/s1. The van der Waals surface area contributed by atoms with Crippen LogP contribution in [0.15, 0.2) is 36.4 Å². The van der Waals surface area contributed by atoms with E-state index in [0.717, 1.165) is 18.0 Å². The third-order valence-electron chi connectivity index (χ3n) is 6.54. The maximum absolute atomic E-state index is 13.0. The molecule has 2 aliphatic carbocycles. The lowest BCUT2D eigenvalue weighted by Crippen LogP contribution is -2.49. The zero-order valence-electron chi connectivity index (χ0n) is 14.1. The minimum Gasteiger partial charge on any atom is -0.340 e. The molecule has 128 valence electrons. The van der Waals surface area contributed by atoms with Crippen molar-refractivity contribution < 1.29 is 14.4 Å². The summed E-state index contributed by atoms with van der Waals surface area (Å²) in [6.07, 6.45) is 5.83. The summed E-state index contributed by atoms with van der Waals surface area (Å²) in [5, 5.41) is 0. The molecule has 2 bridgehead atoms. The van der Waals surface area contributed by atoms with E-state index in [1.807, 2.05) is 4.90 Å². The number of fused-ring (bicyclic) bond motifs is 6. The van der Waals surface area contributed by atoms with E-state index in [1.165, 1.54) is 6.42 Å². The monoisotopic (exact) mass is 336 g/mol. The predicted molar refractivity (Wildman–Crippen MR) is 90.7 cm³/mol. The molecule has 5 heteroatoms. The number of rotatable bonds is 2. The first-order valence-corrected chi connectivity index (χ1v) is 9.00. The second-order valence-electron chi connectivity index (χ2n) is 7.72. The van der Waals surface area contributed by atoms with E-state index < -0.39 is 6.04 Å². The maximum atomic E-state index is 13.0. The van der Waals surface area contributed by atoms with Crippen LogP contribution in [0.2, 0.25) is 0 Å². The number of benzene rings is 1. The van der Waals surface area contributed by atoms with Crippen molar-refractivity contribution in [2.45, 2.75) is 19.4 Å². The first-order valence-electron chi connectivity index (χ1n) is 9.00. The van der Waals surface area contributed by atoms with Crippen LogP contribution in [0, 0.1) is 23.7 Å². The molecular weight excluding hydrogens is 316 g/mol. The number of carbonyl (C=O) groups excluding carboxylic acids is 3. The van der Waals surface area contributed by atoms with Crippen molar-refractivity contribution >= 4 is 17.7 Å². The fourth-order valence-electron chi connectivity index (χ4n) is 5.27. The fourth-order valence-corrected chi connectivity index (χ4v) is 5.27. The van der Waals surface area contributed by atoms with E-state index in [2.05, 4.69) is 12.2 Å². The average molecular weight is 336 g/mol. The number of carbonyl (C=O) groups is 3. The van der Waals surface area contributed by atoms with Crippen molar-refractivity contribution in [1.29, 1.82) is 0 Å². The van der Waals surface area contributed by atoms with Crippen LogP contribution in [0.3, 0.4) is 0 Å². The van der Waals surface area contributed by atoms with E-state index in [-0.39, 0.29) is 17.7 Å². The second-order valence-corrected chi connectivity index (χ2v) is 7.72. The number of likely N-dealkylation sites (tertiary alicyclic amines) is 1. The van der Waals surface area contributed by atoms with Gasteiger partial charge in [-0.2, -0.15) is 0 Å². The minimum absolute atomic E-state index is 0.108. The Morgan fingerprint density at radius 3 is 2.04 bits per heavy atom. The van der Waals surface area contributed by atoms with Crippen LogP contribution in [-0.4, -0.2) is 46.7 Å². The van der Waals surface area contributed by atoms with Crippen LogP contribution in [0.4, 0.5) is 0 Å². The number of allylic oxidation sites excluding steroid dienone is 2. The van der Waals surface area contributed by atoms with E-state index in [0.29, 0.717) is 34.8 Å². The van der Waals surface area contributed by atoms with Gasteiger partial charge in [0, 0.05) is 13.1 Å². The Bertz CT molecular complexity index is 775. The first kappa shape index (κ1) is 14.9. The highest BCUT2D eigenvalue weighted by atomic mass is 16.2. The SMILES string of the molecule is C[C@H](C(=O)N1C[C@@H]2C3C=CC(C3)[C@@H]2C1)N1C(=O)c2ccccc2C1=O. The van der Waals surface area contributed by atoms with Crippen LogP contribution in [-0.2, 0) is 4.79 Å². The molecule has 0 spiro atoms. The Morgan fingerprint density at radius 1 is 1.00 bits per heavy atom. The van der Waals surface area contributed by atoms with Crippen molar-refractivity contribution in [1.82, 2.24) is 9.80 Å². The number of imide groups is 1. The van der Waals surface area contributed by atoms with Gasteiger partial charge in [0.15, 0.2) is 0 Å². The van der Waals surface area contributed by atoms with Crippen molar-refractivity contribution in [3.63, 3.8) is 0 Å². The minimum atomic E-state index is -0.753. The Balaban J connectivity index is 1.36. The van der Waals surface area contributed by atoms with Crippen molar-refractivity contribution in [3.05, 3.63) is 47.5 Å². The maximum Gasteiger partial charge on any atom is 0.262 e. The molecule has 0 aromatic heterocycles. The average Bonchev–Trinajstić information content (AvgIpc) is 3.36. The lowest BCUT2D eigenvalue weighted by atomic mass is 9.86. The van der Waals surface area contributed by atoms with E-state index >= 15 is 0 Å². The molecule has 25 heavy (non-hydrogen) atoms. The summed E-state index contributed by atoms with van der Waals surface area (Å²) < 4.78 is 0. The van der Waals surface area contributed by atoms with Crippen molar-refractivity contribution in [3.8, 4) is 0 Å². The van der Waals surface area contributed by atoms with Gasteiger partial charge < -0.3 is 4.90 Å². The topological polar surface area (TPSA) is 57.7 Å². The molecule has 2 heterocycles. The molecule has 1 aromatic rings. The molecule has 2 aliphatic heterocycles. The van der Waals surface area contributed by atoms with E-state index in [9.17, 15) is 14.4 Å². The van der Waals surface area contributed by atoms with Crippen LogP contribution in [0.25, 0.3) is 0 Å². The van der Waals surface area contributed by atoms with Gasteiger partial charge in [-0.1, -0.05) is 24.3 Å². The largest absolute Gasteiger partial charge is 0.340 e. The van der Waals surface area contributed by atoms with Crippen molar-refractivity contribution in [2.75, 3.05) is 13.1 Å². The third kappa shape index (κ3) is 1.92. The van der Waals surface area contributed by atoms with Crippen LogP contribution in [0.5, 0.6) is 0 Å². The summed E-state index contributed by atoms with van der Waals surface area (Å²) >= 11 is 0. The summed E-state index contributed by atoms with van der Waals surface area (Å²) in [6.45, 7) is 3.18. The van der Waals surface area contributed by atoms with Crippen LogP contribution >= 0.6 is 0 Å². The molecule has 1 saturated heterocycles. The molecule has 2 fully saturated rings. The zero-order chi connectivity index (χ0) is 17.3. The highest BCUT2D eigenvalue weighted by Gasteiger charge is 2.51. The number of amides is 3. The molecule has 0 N–H and O–H groups in total. The van der Waals surface area contributed by atoms with Gasteiger partial charge in [-0.05, 0) is 49.1 Å². The number of hydrogen-bond acceptors (Lipinski definition) is 3. The highest BCUT2D eigenvalue weighted by molar-refractivity contribution is 6.22. The van der Waals surface area contributed by atoms with Gasteiger partial charge in [-0.15, -0.1) is 0 Å². The lowest BCUT2D eigenvalue weighted by Gasteiger charge is -2.27. The Morgan fingerprint density at radius 2 is 1.52 bits per heavy atom. The smallest absolute Gasteiger partial charge is 0.262 e. The Kier molecular flexibility index (Phi) is 3.00. The summed E-state index contributed by atoms with van der Waals surface area (Å²) in [5.41, 5.74) is 0.792. The third-order valence-corrected chi connectivity index (χ3v) is 6.54. The van der Waals surface area contributed by atoms with E-state index in [4.69, 9.17) is 0 Å². The molecule has 5 atom stereocenters. The van der Waals surface area contributed by atoms with Gasteiger partial charge >= 0.3 is 0 Å². The quantitative estimate of drug-likeness (QED) is 0.613. The molecule has 0 radical (unpaired) electrons. The summed E-state index contributed by atoms with van der Waals surface area (Å²) in [4.78, 5) is 41.2. The van der Waals surface area contributed by atoms with Gasteiger partial charge in [-0.3, -0.25) is 19.3 Å².